The first-order chi connectivity index (χ1) is 9.99. The Kier molecular flexibility index (Phi) is 3.09. The zero-order valence-electron chi connectivity index (χ0n) is 11.7. The van der Waals surface area contributed by atoms with Gasteiger partial charge in [-0.15, -0.1) is 0 Å². The molecule has 0 saturated carbocycles. The lowest BCUT2D eigenvalue weighted by Gasteiger charge is -2.14. The highest BCUT2D eigenvalue weighted by molar-refractivity contribution is 5.85. The van der Waals surface area contributed by atoms with E-state index in [1.54, 1.807) is 18.2 Å². The number of halogens is 2. The lowest BCUT2D eigenvalue weighted by atomic mass is 10.0. The molecule has 3 aromatic rings. The minimum absolute atomic E-state index is 0.244. The molecule has 4 heteroatoms. The number of rotatable bonds is 1. The number of hydrogen-bond acceptors (Lipinski definition) is 1. The molecule has 0 amide bonds. The second kappa shape index (κ2) is 4.81. The normalized spacial score (nSPS) is 11.0. The molecule has 0 fully saturated rings. The molecule has 2 aromatic carbocycles. The standard InChI is InChI=1S/C17H13F2NO/c1-10-16(11-3-5-12(18)6-4-11)17(21)14-9-13(19)7-8-15(14)20(10)2/h3-9H,1-2H3. The zero-order chi connectivity index (χ0) is 15.1. The summed E-state index contributed by atoms with van der Waals surface area (Å²) in [6, 6.07) is 9.90. The van der Waals surface area contributed by atoms with Gasteiger partial charge in [0, 0.05) is 23.7 Å². The van der Waals surface area contributed by atoms with Gasteiger partial charge in [0.15, 0.2) is 5.43 Å². The first kappa shape index (κ1) is 13.5. The molecular formula is C17H13F2NO. The Labute approximate surface area is 120 Å². The van der Waals surface area contributed by atoms with Crippen LogP contribution in [0.5, 0.6) is 0 Å². The summed E-state index contributed by atoms with van der Waals surface area (Å²) in [5, 5.41) is 0.322. The van der Waals surface area contributed by atoms with Crippen LogP contribution in [-0.2, 0) is 7.05 Å². The molecule has 21 heavy (non-hydrogen) atoms. The molecule has 1 aromatic heterocycles. The average molecular weight is 285 g/mol. The first-order valence-corrected chi connectivity index (χ1v) is 6.54. The summed E-state index contributed by atoms with van der Waals surface area (Å²) in [7, 11) is 1.82. The summed E-state index contributed by atoms with van der Waals surface area (Å²) >= 11 is 0. The SMILES string of the molecule is Cc1c(-c2ccc(F)cc2)c(=O)c2cc(F)ccc2n1C. The van der Waals surface area contributed by atoms with Gasteiger partial charge in [-0.25, -0.2) is 8.78 Å². The van der Waals surface area contributed by atoms with Crippen LogP contribution >= 0.6 is 0 Å². The summed E-state index contributed by atoms with van der Waals surface area (Å²) < 4.78 is 28.3. The topological polar surface area (TPSA) is 22.0 Å². The number of pyridine rings is 1. The Bertz CT molecular complexity index is 895. The predicted molar refractivity (Wildman–Crippen MR) is 79.3 cm³/mol. The molecule has 0 unspecified atom stereocenters. The summed E-state index contributed by atoms with van der Waals surface area (Å²) in [5.74, 6) is -0.812. The van der Waals surface area contributed by atoms with Crippen LogP contribution in [0, 0.1) is 18.6 Å². The smallest absolute Gasteiger partial charge is 0.197 e. The fraction of sp³-hybridized carbons (Fsp3) is 0.118. The first-order valence-electron chi connectivity index (χ1n) is 6.54. The van der Waals surface area contributed by atoms with Gasteiger partial charge in [-0.05, 0) is 42.8 Å². The van der Waals surface area contributed by atoms with Crippen LogP contribution in [0.25, 0.3) is 22.0 Å². The number of hydrogen-bond donors (Lipinski definition) is 0. The van der Waals surface area contributed by atoms with E-state index in [4.69, 9.17) is 0 Å². The third kappa shape index (κ3) is 2.13. The van der Waals surface area contributed by atoms with Crippen LogP contribution in [0.4, 0.5) is 8.78 Å². The molecule has 0 N–H and O–H groups in total. The summed E-state index contributed by atoms with van der Waals surface area (Å²) in [4.78, 5) is 12.7. The van der Waals surface area contributed by atoms with Gasteiger partial charge in [0.2, 0.25) is 0 Å². The number of aromatic nitrogens is 1. The molecule has 0 radical (unpaired) electrons. The largest absolute Gasteiger partial charge is 0.347 e. The van der Waals surface area contributed by atoms with Gasteiger partial charge in [-0.1, -0.05) is 12.1 Å². The molecule has 0 spiro atoms. The van der Waals surface area contributed by atoms with Crippen molar-refractivity contribution in [2.24, 2.45) is 7.05 Å². The van der Waals surface area contributed by atoms with Crippen LogP contribution in [0.15, 0.2) is 47.3 Å². The molecular weight excluding hydrogens is 272 g/mol. The molecule has 0 aliphatic carbocycles. The molecule has 1 heterocycles. The highest BCUT2D eigenvalue weighted by Gasteiger charge is 2.14. The van der Waals surface area contributed by atoms with Gasteiger partial charge < -0.3 is 4.57 Å². The van der Waals surface area contributed by atoms with E-state index in [-0.39, 0.29) is 11.2 Å². The Morgan fingerprint density at radius 3 is 2.24 bits per heavy atom. The molecule has 0 bridgehead atoms. The van der Waals surface area contributed by atoms with Crippen LogP contribution in [0.2, 0.25) is 0 Å². The fourth-order valence-corrected chi connectivity index (χ4v) is 2.59. The lowest BCUT2D eigenvalue weighted by Crippen LogP contribution is -2.14. The van der Waals surface area contributed by atoms with E-state index in [9.17, 15) is 13.6 Å². The van der Waals surface area contributed by atoms with E-state index >= 15 is 0 Å². The van der Waals surface area contributed by atoms with Crippen molar-refractivity contribution in [2.75, 3.05) is 0 Å². The predicted octanol–water partition coefficient (Wildman–Crippen LogP) is 3.79. The van der Waals surface area contributed by atoms with Crippen LogP contribution in [0.3, 0.4) is 0 Å². The van der Waals surface area contributed by atoms with Crippen molar-refractivity contribution in [2.45, 2.75) is 6.92 Å². The highest BCUT2D eigenvalue weighted by atomic mass is 19.1. The average Bonchev–Trinajstić information content (AvgIpc) is 2.47. The second-order valence-corrected chi connectivity index (χ2v) is 5.02. The van der Waals surface area contributed by atoms with Gasteiger partial charge >= 0.3 is 0 Å². The minimum Gasteiger partial charge on any atom is -0.347 e. The minimum atomic E-state index is -0.450. The van der Waals surface area contributed by atoms with Gasteiger partial charge in [-0.2, -0.15) is 0 Å². The Morgan fingerprint density at radius 2 is 1.57 bits per heavy atom. The molecule has 0 aliphatic rings. The maximum atomic E-state index is 13.4. The van der Waals surface area contributed by atoms with Gasteiger partial charge in [0.1, 0.15) is 11.6 Å². The molecule has 3 rings (SSSR count). The number of fused-ring (bicyclic) bond motifs is 1. The highest BCUT2D eigenvalue weighted by Crippen LogP contribution is 2.24. The third-order valence-corrected chi connectivity index (χ3v) is 3.79. The lowest BCUT2D eigenvalue weighted by molar-refractivity contribution is 0.628. The second-order valence-electron chi connectivity index (χ2n) is 5.02. The maximum absolute atomic E-state index is 13.4. The molecule has 0 saturated heterocycles. The Morgan fingerprint density at radius 1 is 0.952 bits per heavy atom. The van der Waals surface area contributed by atoms with Crippen LogP contribution in [0.1, 0.15) is 5.69 Å². The monoisotopic (exact) mass is 285 g/mol. The van der Waals surface area contributed by atoms with Crippen molar-refractivity contribution in [3.63, 3.8) is 0 Å². The van der Waals surface area contributed by atoms with E-state index < -0.39 is 5.82 Å². The van der Waals surface area contributed by atoms with Crippen LogP contribution in [-0.4, -0.2) is 4.57 Å². The van der Waals surface area contributed by atoms with Crippen molar-refractivity contribution < 1.29 is 8.78 Å². The number of aryl methyl sites for hydroxylation is 1. The van der Waals surface area contributed by atoms with Crippen molar-refractivity contribution in [1.29, 1.82) is 0 Å². The summed E-state index contributed by atoms with van der Waals surface area (Å²) in [6.45, 7) is 1.82. The summed E-state index contributed by atoms with van der Waals surface area (Å²) in [6.07, 6.45) is 0. The Hall–Kier alpha value is -2.49. The number of benzene rings is 2. The molecule has 0 aliphatic heterocycles. The number of nitrogens with zero attached hydrogens (tertiary/aromatic N) is 1. The van der Waals surface area contributed by atoms with Gasteiger partial charge in [0.05, 0.1) is 5.52 Å². The Balaban J connectivity index is 2.43. The van der Waals surface area contributed by atoms with E-state index in [2.05, 4.69) is 0 Å². The van der Waals surface area contributed by atoms with Crippen molar-refractivity contribution in [3.8, 4) is 11.1 Å². The van der Waals surface area contributed by atoms with E-state index in [1.807, 2.05) is 18.5 Å². The van der Waals surface area contributed by atoms with E-state index in [0.717, 1.165) is 5.69 Å². The van der Waals surface area contributed by atoms with Gasteiger partial charge in [-0.3, -0.25) is 4.79 Å². The third-order valence-electron chi connectivity index (χ3n) is 3.79. The van der Waals surface area contributed by atoms with Crippen molar-refractivity contribution in [3.05, 3.63) is 70.0 Å². The molecule has 2 nitrogen and oxygen atoms in total. The molecule has 0 atom stereocenters. The summed E-state index contributed by atoms with van der Waals surface area (Å²) in [5.41, 5.74) is 2.28. The van der Waals surface area contributed by atoms with E-state index in [1.165, 1.54) is 24.3 Å². The zero-order valence-corrected chi connectivity index (χ0v) is 11.7. The van der Waals surface area contributed by atoms with Gasteiger partial charge in [0.25, 0.3) is 0 Å². The molecule has 106 valence electrons. The quantitative estimate of drug-likeness (QED) is 0.666. The maximum Gasteiger partial charge on any atom is 0.197 e. The fourth-order valence-electron chi connectivity index (χ4n) is 2.59. The van der Waals surface area contributed by atoms with Crippen LogP contribution < -0.4 is 5.43 Å². The van der Waals surface area contributed by atoms with E-state index in [0.29, 0.717) is 22.0 Å². The van der Waals surface area contributed by atoms with Crippen molar-refractivity contribution >= 4 is 10.9 Å². The van der Waals surface area contributed by atoms with Crippen molar-refractivity contribution in [1.82, 2.24) is 4.57 Å².